The number of nitro groups is 1. The Kier molecular flexibility index (Phi) is 4.78. The molecule has 0 radical (unpaired) electrons. The Morgan fingerprint density at radius 1 is 1.37 bits per heavy atom. The number of aryl methyl sites for hydroxylation is 1. The molecule has 0 saturated heterocycles. The van der Waals surface area contributed by atoms with Crippen LogP contribution in [0.3, 0.4) is 0 Å². The van der Waals surface area contributed by atoms with Crippen LogP contribution in [-0.2, 0) is 6.18 Å². The minimum absolute atomic E-state index is 0.0181. The molecule has 0 aliphatic rings. The van der Waals surface area contributed by atoms with Crippen LogP contribution in [0.2, 0.25) is 5.02 Å². The van der Waals surface area contributed by atoms with Crippen LogP contribution in [0.15, 0.2) is 38.9 Å². The van der Waals surface area contributed by atoms with Gasteiger partial charge in [0.05, 0.1) is 32.2 Å². The van der Waals surface area contributed by atoms with Gasteiger partial charge < -0.3 is 10.3 Å². The first kappa shape index (κ1) is 19.0. The van der Waals surface area contributed by atoms with Gasteiger partial charge in [-0.3, -0.25) is 10.1 Å². The molecule has 3 rings (SSSR count). The van der Waals surface area contributed by atoms with E-state index in [4.69, 9.17) is 21.9 Å². The maximum Gasteiger partial charge on any atom is 0.418 e. The van der Waals surface area contributed by atoms with Gasteiger partial charge in [0.2, 0.25) is 5.16 Å². The van der Waals surface area contributed by atoms with Crippen LogP contribution in [0.1, 0.15) is 11.3 Å². The Labute approximate surface area is 158 Å². The van der Waals surface area contributed by atoms with Gasteiger partial charge in [-0.15, -0.1) is 10.2 Å². The van der Waals surface area contributed by atoms with Crippen molar-refractivity contribution in [3.63, 3.8) is 0 Å². The molecular weight excluding hydrogens is 411 g/mol. The molecule has 0 saturated carbocycles. The van der Waals surface area contributed by atoms with Gasteiger partial charge in [-0.25, -0.2) is 4.68 Å². The molecule has 0 fully saturated rings. The first-order chi connectivity index (χ1) is 12.6. The van der Waals surface area contributed by atoms with Crippen molar-refractivity contribution in [3.8, 4) is 11.4 Å². The highest BCUT2D eigenvalue weighted by Crippen LogP contribution is 2.43. The third-order valence-electron chi connectivity index (χ3n) is 3.52. The number of nitrogens with zero attached hydrogens (tertiary/aromatic N) is 4. The summed E-state index contributed by atoms with van der Waals surface area (Å²) in [6.45, 7) is 1.68. The lowest BCUT2D eigenvalue weighted by molar-refractivity contribution is -0.388. The van der Waals surface area contributed by atoms with E-state index in [1.807, 2.05) is 0 Å². The number of hydrogen-bond acceptors (Lipinski definition) is 7. The number of nitrogens with two attached hydrogens (primary N) is 1. The van der Waals surface area contributed by atoms with E-state index >= 15 is 0 Å². The van der Waals surface area contributed by atoms with E-state index in [0.717, 1.165) is 10.7 Å². The summed E-state index contributed by atoms with van der Waals surface area (Å²) in [5, 5.41) is 18.3. The molecule has 2 heterocycles. The minimum Gasteiger partial charge on any atom is -0.469 e. The summed E-state index contributed by atoms with van der Waals surface area (Å²) < 4.78 is 45.0. The number of halogens is 4. The third-order valence-corrected chi connectivity index (χ3v) is 4.84. The molecular formula is C14H9ClF3N5O3S. The van der Waals surface area contributed by atoms with E-state index in [9.17, 15) is 23.3 Å². The molecule has 0 atom stereocenters. The second-order valence-electron chi connectivity index (χ2n) is 5.22. The summed E-state index contributed by atoms with van der Waals surface area (Å²) in [5.74, 6) is 6.67. The van der Waals surface area contributed by atoms with Crippen LogP contribution < -0.4 is 5.84 Å². The van der Waals surface area contributed by atoms with Crippen molar-refractivity contribution in [2.24, 2.45) is 0 Å². The van der Waals surface area contributed by atoms with Gasteiger partial charge in [-0.05, 0) is 30.8 Å². The molecule has 1 aromatic carbocycles. The number of alkyl halides is 3. The summed E-state index contributed by atoms with van der Waals surface area (Å²) in [6.07, 6.45) is -3.41. The Hall–Kier alpha value is -2.73. The molecule has 0 unspecified atom stereocenters. The Morgan fingerprint density at radius 3 is 2.63 bits per heavy atom. The maximum atomic E-state index is 12.9. The van der Waals surface area contributed by atoms with E-state index < -0.39 is 27.4 Å². The molecule has 0 spiro atoms. The fourth-order valence-corrected chi connectivity index (χ4v) is 3.44. The fourth-order valence-electron chi connectivity index (χ4n) is 2.23. The van der Waals surface area contributed by atoms with E-state index in [1.165, 1.54) is 6.26 Å². The van der Waals surface area contributed by atoms with Gasteiger partial charge in [0.15, 0.2) is 5.82 Å². The average molecular weight is 420 g/mol. The quantitative estimate of drug-likeness (QED) is 0.381. The number of furan rings is 1. The van der Waals surface area contributed by atoms with Gasteiger partial charge in [-0.1, -0.05) is 11.6 Å². The number of rotatable bonds is 4. The molecule has 8 nitrogen and oxygen atoms in total. The summed E-state index contributed by atoms with van der Waals surface area (Å²) in [4.78, 5) is 10.1. The van der Waals surface area contributed by atoms with E-state index in [-0.39, 0.29) is 15.9 Å². The van der Waals surface area contributed by atoms with Crippen molar-refractivity contribution in [2.75, 3.05) is 5.84 Å². The van der Waals surface area contributed by atoms with Gasteiger partial charge in [-0.2, -0.15) is 13.2 Å². The number of nitrogen functional groups attached to an aromatic ring is 1. The summed E-state index contributed by atoms with van der Waals surface area (Å²) >= 11 is 6.33. The van der Waals surface area contributed by atoms with Crippen LogP contribution in [0.25, 0.3) is 11.4 Å². The van der Waals surface area contributed by atoms with Crippen molar-refractivity contribution >= 4 is 29.1 Å². The molecule has 2 N–H and O–H groups in total. The lowest BCUT2D eigenvalue weighted by Crippen LogP contribution is -2.12. The van der Waals surface area contributed by atoms with Crippen molar-refractivity contribution in [2.45, 2.75) is 23.2 Å². The van der Waals surface area contributed by atoms with Gasteiger partial charge in [0.25, 0.3) is 5.69 Å². The van der Waals surface area contributed by atoms with Crippen LogP contribution in [0, 0.1) is 17.0 Å². The van der Waals surface area contributed by atoms with Crippen molar-refractivity contribution in [1.29, 1.82) is 0 Å². The van der Waals surface area contributed by atoms with Crippen molar-refractivity contribution in [3.05, 3.63) is 50.9 Å². The predicted octanol–water partition coefficient (Wildman–Crippen LogP) is 4.29. The highest BCUT2D eigenvalue weighted by Gasteiger charge is 2.36. The number of aromatic nitrogens is 3. The molecule has 0 bridgehead atoms. The van der Waals surface area contributed by atoms with E-state index in [0.29, 0.717) is 29.2 Å². The number of hydrogen-bond donors (Lipinski definition) is 1. The average Bonchev–Trinajstić information content (AvgIpc) is 3.12. The molecule has 0 aliphatic heterocycles. The summed E-state index contributed by atoms with van der Waals surface area (Å²) in [6, 6.07) is 2.84. The van der Waals surface area contributed by atoms with E-state index in [1.54, 1.807) is 13.0 Å². The SMILES string of the molecule is Cc1occc1-c1nnc(Sc2cc(Cl)c(C(F)(F)F)cc2[N+](=O)[O-])n1N. The minimum atomic E-state index is -4.83. The second kappa shape index (κ2) is 6.78. The molecule has 3 aromatic rings. The Balaban J connectivity index is 2.04. The highest BCUT2D eigenvalue weighted by atomic mass is 35.5. The Bertz CT molecular complexity index is 1030. The van der Waals surface area contributed by atoms with E-state index in [2.05, 4.69) is 10.2 Å². The smallest absolute Gasteiger partial charge is 0.418 e. The predicted molar refractivity (Wildman–Crippen MR) is 89.8 cm³/mol. The molecule has 2 aromatic heterocycles. The maximum absolute atomic E-state index is 12.9. The largest absolute Gasteiger partial charge is 0.469 e. The van der Waals surface area contributed by atoms with Gasteiger partial charge in [0.1, 0.15) is 5.76 Å². The molecule has 13 heteroatoms. The molecule has 27 heavy (non-hydrogen) atoms. The molecule has 0 aliphatic carbocycles. The topological polar surface area (TPSA) is 113 Å². The monoisotopic (exact) mass is 419 g/mol. The van der Waals surface area contributed by atoms with Gasteiger partial charge in [0, 0.05) is 6.07 Å². The summed E-state index contributed by atoms with van der Waals surface area (Å²) in [7, 11) is 0. The molecule has 142 valence electrons. The van der Waals surface area contributed by atoms with Crippen LogP contribution >= 0.6 is 23.4 Å². The fraction of sp³-hybridized carbons (Fsp3) is 0.143. The van der Waals surface area contributed by atoms with Gasteiger partial charge >= 0.3 is 6.18 Å². The highest BCUT2D eigenvalue weighted by molar-refractivity contribution is 7.99. The van der Waals surface area contributed by atoms with Crippen LogP contribution in [0.4, 0.5) is 18.9 Å². The normalized spacial score (nSPS) is 11.7. The first-order valence-corrected chi connectivity index (χ1v) is 8.27. The van der Waals surface area contributed by atoms with Crippen LogP contribution in [0.5, 0.6) is 0 Å². The summed E-state index contributed by atoms with van der Waals surface area (Å²) in [5.41, 5.74) is -1.53. The first-order valence-electron chi connectivity index (χ1n) is 7.07. The number of benzene rings is 1. The van der Waals surface area contributed by atoms with Crippen molar-refractivity contribution < 1.29 is 22.5 Å². The lowest BCUT2D eigenvalue weighted by Gasteiger charge is -2.10. The standard InChI is InChI=1S/C14H9ClF3N5O3S/c1-6-7(2-3-26-6)12-20-21-13(22(12)19)27-11-5-9(15)8(14(16,17)18)4-10(11)23(24)25/h2-5H,19H2,1H3. The zero-order chi connectivity index (χ0) is 19.9. The molecule has 0 amide bonds. The van der Waals surface area contributed by atoms with Crippen LogP contribution in [-0.4, -0.2) is 19.8 Å². The lowest BCUT2D eigenvalue weighted by atomic mass is 10.2. The van der Waals surface area contributed by atoms with Crippen molar-refractivity contribution in [1.82, 2.24) is 14.9 Å². The zero-order valence-corrected chi connectivity index (χ0v) is 14.9. The zero-order valence-electron chi connectivity index (χ0n) is 13.3. The third kappa shape index (κ3) is 3.57. The Morgan fingerprint density at radius 2 is 2.07 bits per heavy atom. The second-order valence-corrected chi connectivity index (χ2v) is 6.64. The number of nitro benzene ring substituents is 1.